The highest BCUT2D eigenvalue weighted by molar-refractivity contribution is 14.1. The molecule has 0 fully saturated rings. The van der Waals surface area contributed by atoms with Gasteiger partial charge in [0.05, 0.1) is 10.2 Å². The average molecular weight is 349 g/mol. The van der Waals surface area contributed by atoms with Crippen LogP contribution in [0.4, 0.5) is 5.82 Å². The number of ether oxygens (including phenoxy) is 1. The first-order valence-corrected chi connectivity index (χ1v) is 7.03. The van der Waals surface area contributed by atoms with Gasteiger partial charge < -0.3 is 9.64 Å². The fourth-order valence-corrected chi connectivity index (χ4v) is 2.51. The fraction of sp³-hybridized carbons (Fsp3) is 0.667. The number of nitrogens with zero attached hydrogens (tertiary/aromatic N) is 3. The van der Waals surface area contributed by atoms with E-state index in [1.807, 2.05) is 6.20 Å². The third-order valence-electron chi connectivity index (χ3n) is 2.84. The van der Waals surface area contributed by atoms with E-state index in [1.165, 1.54) is 0 Å². The van der Waals surface area contributed by atoms with Crippen LogP contribution in [0.25, 0.3) is 0 Å². The minimum atomic E-state index is 0.508. The van der Waals surface area contributed by atoms with E-state index in [4.69, 9.17) is 4.74 Å². The van der Waals surface area contributed by atoms with Gasteiger partial charge >= 0.3 is 0 Å². The van der Waals surface area contributed by atoms with Crippen molar-refractivity contribution < 1.29 is 4.74 Å². The van der Waals surface area contributed by atoms with Gasteiger partial charge in [-0.2, -0.15) is 0 Å². The molecule has 0 radical (unpaired) electrons. The Hall–Kier alpha value is -0.430. The Balaban J connectivity index is 2.92. The van der Waals surface area contributed by atoms with Crippen molar-refractivity contribution in [2.75, 3.05) is 25.2 Å². The molecule has 0 saturated carbocycles. The summed E-state index contributed by atoms with van der Waals surface area (Å²) in [7, 11) is 1.73. The lowest BCUT2D eigenvalue weighted by Gasteiger charge is -2.31. The molecule has 0 amide bonds. The first-order chi connectivity index (χ1) is 8.24. The van der Waals surface area contributed by atoms with Gasteiger partial charge in [-0.1, -0.05) is 13.8 Å². The Kier molecular flexibility index (Phi) is 6.72. The molecule has 0 bridgehead atoms. The molecule has 17 heavy (non-hydrogen) atoms. The lowest BCUT2D eigenvalue weighted by Crippen LogP contribution is -2.38. The first-order valence-electron chi connectivity index (χ1n) is 5.95. The van der Waals surface area contributed by atoms with Crippen molar-refractivity contribution >= 4 is 28.4 Å². The molecule has 0 aliphatic heterocycles. The van der Waals surface area contributed by atoms with E-state index in [0.717, 1.165) is 35.4 Å². The maximum Gasteiger partial charge on any atom is 0.145 e. The smallest absolute Gasteiger partial charge is 0.145 e. The second-order valence-electron chi connectivity index (χ2n) is 3.85. The Bertz CT molecular complexity index is 331. The van der Waals surface area contributed by atoms with Crippen LogP contribution in [0.5, 0.6) is 0 Å². The topological polar surface area (TPSA) is 38.2 Å². The Labute approximate surface area is 117 Å². The van der Waals surface area contributed by atoms with Gasteiger partial charge in [-0.25, -0.2) is 9.97 Å². The van der Waals surface area contributed by atoms with Crippen LogP contribution in [0, 0.1) is 3.57 Å². The lowest BCUT2D eigenvalue weighted by molar-refractivity contribution is 0.202. The molecule has 0 aliphatic carbocycles. The van der Waals surface area contributed by atoms with Crippen molar-refractivity contribution in [1.82, 2.24) is 9.97 Å². The summed E-state index contributed by atoms with van der Waals surface area (Å²) in [5.74, 6) is 1.02. The van der Waals surface area contributed by atoms with Gasteiger partial charge in [0.15, 0.2) is 0 Å². The second kappa shape index (κ2) is 7.81. The summed E-state index contributed by atoms with van der Waals surface area (Å²) in [6.45, 7) is 6.01. The molecular formula is C12H20IN3O. The molecular weight excluding hydrogens is 329 g/mol. The summed E-state index contributed by atoms with van der Waals surface area (Å²) in [6, 6.07) is 0.508. The van der Waals surface area contributed by atoms with E-state index in [0.29, 0.717) is 6.04 Å². The van der Waals surface area contributed by atoms with Gasteiger partial charge in [-0.05, 0) is 35.4 Å². The zero-order valence-electron chi connectivity index (χ0n) is 10.7. The van der Waals surface area contributed by atoms with Gasteiger partial charge in [0.1, 0.15) is 12.1 Å². The number of rotatable bonds is 7. The summed E-state index contributed by atoms with van der Waals surface area (Å²) >= 11 is 2.29. The molecule has 0 aromatic carbocycles. The normalized spacial score (nSPS) is 10.9. The van der Waals surface area contributed by atoms with Crippen molar-refractivity contribution in [2.45, 2.75) is 32.7 Å². The molecule has 1 rings (SSSR count). The fourth-order valence-electron chi connectivity index (χ4n) is 1.90. The molecule has 96 valence electrons. The summed E-state index contributed by atoms with van der Waals surface area (Å²) in [4.78, 5) is 10.8. The average Bonchev–Trinajstić information content (AvgIpc) is 2.36. The van der Waals surface area contributed by atoms with Crippen molar-refractivity contribution in [3.8, 4) is 0 Å². The van der Waals surface area contributed by atoms with Crippen LogP contribution in [0.3, 0.4) is 0 Å². The number of hydrogen-bond donors (Lipinski definition) is 0. The first kappa shape index (κ1) is 14.6. The number of hydrogen-bond acceptors (Lipinski definition) is 4. The van der Waals surface area contributed by atoms with E-state index in [9.17, 15) is 0 Å². The van der Waals surface area contributed by atoms with Crippen LogP contribution in [0.2, 0.25) is 0 Å². The van der Waals surface area contributed by atoms with Crippen molar-refractivity contribution in [3.63, 3.8) is 0 Å². The molecule has 0 unspecified atom stereocenters. The zero-order chi connectivity index (χ0) is 12.7. The molecule has 0 spiro atoms. The number of methoxy groups -OCH3 is 1. The van der Waals surface area contributed by atoms with E-state index >= 15 is 0 Å². The highest BCUT2D eigenvalue weighted by Crippen LogP contribution is 2.22. The van der Waals surface area contributed by atoms with E-state index in [-0.39, 0.29) is 0 Å². The van der Waals surface area contributed by atoms with E-state index in [1.54, 1.807) is 13.4 Å². The highest BCUT2D eigenvalue weighted by atomic mass is 127. The van der Waals surface area contributed by atoms with Crippen molar-refractivity contribution in [1.29, 1.82) is 0 Å². The van der Waals surface area contributed by atoms with Crippen LogP contribution in [0.1, 0.15) is 26.7 Å². The minimum absolute atomic E-state index is 0.508. The van der Waals surface area contributed by atoms with Crippen LogP contribution in [-0.2, 0) is 4.74 Å². The number of anilines is 1. The zero-order valence-corrected chi connectivity index (χ0v) is 12.8. The van der Waals surface area contributed by atoms with Gasteiger partial charge in [-0.15, -0.1) is 0 Å². The van der Waals surface area contributed by atoms with Crippen LogP contribution in [0.15, 0.2) is 12.5 Å². The molecule has 4 nitrogen and oxygen atoms in total. The van der Waals surface area contributed by atoms with Gasteiger partial charge in [0.2, 0.25) is 0 Å². The summed E-state index contributed by atoms with van der Waals surface area (Å²) in [5, 5.41) is 0. The van der Waals surface area contributed by atoms with E-state index < -0.39 is 0 Å². The molecule has 1 aromatic heterocycles. The predicted molar refractivity (Wildman–Crippen MR) is 78.3 cm³/mol. The van der Waals surface area contributed by atoms with Crippen LogP contribution >= 0.6 is 22.6 Å². The standard InChI is InChI=1S/C12H20IN3O/c1-4-10(5-2)16(6-7-17-3)12-11(13)8-14-9-15-12/h8-10H,4-7H2,1-3H3. The van der Waals surface area contributed by atoms with Gasteiger partial charge in [0.25, 0.3) is 0 Å². The monoisotopic (exact) mass is 349 g/mol. The second-order valence-corrected chi connectivity index (χ2v) is 5.01. The summed E-state index contributed by atoms with van der Waals surface area (Å²) in [5.41, 5.74) is 0. The maximum atomic E-state index is 5.19. The molecule has 1 heterocycles. The molecule has 0 saturated heterocycles. The SMILES string of the molecule is CCC(CC)N(CCOC)c1ncncc1I. The Morgan fingerprint density at radius 2 is 2.12 bits per heavy atom. The quantitative estimate of drug-likeness (QED) is 0.710. The van der Waals surface area contributed by atoms with Crippen LogP contribution < -0.4 is 4.90 Å². The maximum absolute atomic E-state index is 5.19. The molecule has 0 atom stereocenters. The molecule has 1 aromatic rings. The van der Waals surface area contributed by atoms with Crippen molar-refractivity contribution in [2.24, 2.45) is 0 Å². The predicted octanol–water partition coefficient (Wildman–Crippen LogP) is 2.72. The summed E-state index contributed by atoms with van der Waals surface area (Å²) in [6.07, 6.45) is 5.69. The van der Waals surface area contributed by atoms with Gasteiger partial charge in [-0.3, -0.25) is 0 Å². The highest BCUT2D eigenvalue weighted by Gasteiger charge is 2.18. The van der Waals surface area contributed by atoms with Crippen LogP contribution in [-0.4, -0.2) is 36.3 Å². The molecule has 0 N–H and O–H groups in total. The Morgan fingerprint density at radius 1 is 1.41 bits per heavy atom. The molecule has 0 aliphatic rings. The van der Waals surface area contributed by atoms with Gasteiger partial charge in [0, 0.05) is 25.9 Å². The minimum Gasteiger partial charge on any atom is -0.383 e. The molecule has 5 heteroatoms. The number of aromatic nitrogens is 2. The van der Waals surface area contributed by atoms with Crippen molar-refractivity contribution in [3.05, 3.63) is 16.1 Å². The third kappa shape index (κ3) is 4.06. The summed E-state index contributed by atoms with van der Waals surface area (Å²) < 4.78 is 6.28. The lowest BCUT2D eigenvalue weighted by atomic mass is 10.1. The number of halogens is 1. The third-order valence-corrected chi connectivity index (χ3v) is 3.60. The Morgan fingerprint density at radius 3 is 2.65 bits per heavy atom. The van der Waals surface area contributed by atoms with E-state index in [2.05, 4.69) is 51.3 Å². The largest absolute Gasteiger partial charge is 0.383 e.